The Morgan fingerprint density at radius 1 is 0.225 bits per heavy atom. The second-order valence-corrected chi connectivity index (χ2v) is 55.3. The van der Waals surface area contributed by atoms with E-state index in [1.54, 1.807) is 20.8 Å². The van der Waals surface area contributed by atoms with Gasteiger partial charge in [0.2, 0.25) is 60.6 Å². The van der Waals surface area contributed by atoms with Crippen molar-refractivity contribution < 1.29 is 319 Å². The van der Waals surface area contributed by atoms with Crippen molar-refractivity contribution in [2.45, 2.75) is 95.4 Å². The molecule has 51 nitrogen and oxygen atoms in total. The first-order valence-corrected chi connectivity index (χ1v) is 57.1. The maximum atomic E-state index is 13.1. The van der Waals surface area contributed by atoms with Gasteiger partial charge in [0.05, 0.1) is 30.1 Å². The van der Waals surface area contributed by atoms with Crippen LogP contribution in [0.1, 0.15) is 62.3 Å². The Hall–Kier alpha value is 0.824. The maximum absolute atomic E-state index is 13.1. The van der Waals surface area contributed by atoms with Gasteiger partial charge in [-0.25, -0.2) is 106 Å². The first kappa shape index (κ1) is 155. The Balaban J connectivity index is -0.000000131. The van der Waals surface area contributed by atoms with E-state index in [1.807, 2.05) is 7.54 Å². The van der Waals surface area contributed by atoms with Crippen LogP contribution in [-0.4, -0.2) is 340 Å². The van der Waals surface area contributed by atoms with Crippen molar-refractivity contribution in [3.8, 4) is 0 Å². The molecule has 0 aliphatic carbocycles. The summed E-state index contributed by atoms with van der Waals surface area (Å²) in [4.78, 5) is 0. The molecule has 93 heteroatoms. The van der Waals surface area contributed by atoms with Crippen LogP contribution < -0.4 is 113 Å². The summed E-state index contributed by atoms with van der Waals surface area (Å²) in [6, 6.07) is 0. The van der Waals surface area contributed by atoms with Crippen molar-refractivity contribution in [1.29, 1.82) is 0 Å². The van der Waals surface area contributed by atoms with Gasteiger partial charge >= 0.3 is 176 Å². The number of sulfonamides is 6. The normalized spacial score (nSPS) is 17.2. The smallest absolute Gasteiger partial charge is 0.757 e. The second kappa shape index (κ2) is 56.6. The molecule has 9 atom stereocenters. The summed E-state index contributed by atoms with van der Waals surface area (Å²) in [7, 11) is -86.7. The first-order chi connectivity index (χ1) is 53.3. The number of rotatable bonds is 33. The largest absolute Gasteiger partial charge is 1.00 e. The van der Waals surface area contributed by atoms with Crippen LogP contribution >= 0.6 is 0 Å². The molecule has 0 radical (unpaired) electrons. The van der Waals surface area contributed by atoms with Crippen LogP contribution in [0.15, 0.2) is 33.9 Å². The molecule has 0 rings (SSSR count). The Morgan fingerprint density at radius 2 is 0.403 bits per heavy atom. The van der Waals surface area contributed by atoms with Gasteiger partial charge in [0.15, 0.2) is 0 Å². The molecule has 0 aliphatic rings. The van der Waals surface area contributed by atoms with Crippen LogP contribution in [0, 0.1) is 0 Å². The molecule has 0 aromatic heterocycles. The standard InChI is InChI=1S/C10H21F6N5O6S4.C8H17F6N5O6S4.C6H13F6N5O6S4.C5H13N2O4S2.C4H11N2O4S2.C3H9N2O4S2.6Li/c1-5-20(6-2)30(26,17-28(22,23)9(11,12)13)19-31(27,21(7-3)8-4)18-29(24,25)10(14,15)16;1-5-18(3)28(24,15-26(20,21)7(9,10)11)17-29(25,19(4)6-2)16-27(22,23)8(12,13)14;1-16(2)26(22,13-24(18,19)5(7,8)9)15-27(23,17(3)4)14-25(20,21)6(10,11)12;1-4-7(5-2)13(10,11)6-12(3,8)9;1-4-6(2)12(9,10)5-11(3,7)8;1-5(2)11(8,9)4-10(3,6)7;;;;;;/h5-8H2,1-4H3,(H,17,18,19,22,23,26,27);5-6H2,1-4H3,(H,15,16,17,20,21,24,25);1-4H3,(H,13,14,15,18,19,22,23);4-5H2,1-3H3;4H2,1-3H3;1-3H3;;;;;;/q;;;3*-1;6*+1/p-3. The maximum Gasteiger partial charge on any atom is 1.00 e. The van der Waals surface area contributed by atoms with Gasteiger partial charge in [-0.05, 0) is 0 Å². The molecule has 0 aromatic carbocycles. The average Bonchev–Trinajstić information content (AvgIpc) is 0.750. The van der Waals surface area contributed by atoms with Gasteiger partial charge in [-0.3, -0.25) is 12.6 Å². The van der Waals surface area contributed by atoms with Crippen LogP contribution in [0.5, 0.6) is 0 Å². The molecule has 0 saturated carbocycles. The molecule has 0 saturated heterocycles. The van der Waals surface area contributed by atoms with Gasteiger partial charge in [0.25, 0.3) is 0 Å². The van der Waals surface area contributed by atoms with E-state index in [2.05, 4.69) is 38.8 Å². The molecule has 129 heavy (non-hydrogen) atoms. The van der Waals surface area contributed by atoms with Crippen molar-refractivity contribution in [3.63, 3.8) is 0 Å². The molecule has 0 N–H and O–H groups in total. The topological polar surface area (TPSA) is 713 Å². The van der Waals surface area contributed by atoms with Crippen LogP contribution in [0.4, 0.5) is 79.0 Å². The fourth-order valence-corrected chi connectivity index (χ4v) is 32.3. The van der Waals surface area contributed by atoms with E-state index in [1.165, 1.54) is 21.1 Å². The zero-order chi connectivity index (χ0) is 101. The molecule has 0 amide bonds. The van der Waals surface area contributed by atoms with Crippen LogP contribution in [0.2, 0.25) is 0 Å². The first-order valence-electron chi connectivity index (χ1n) is 30.1. The quantitative estimate of drug-likeness (QED) is 0.0435. The third-order valence-corrected chi connectivity index (χ3v) is 43.9. The Labute approximate surface area is 813 Å². The fourth-order valence-electron chi connectivity index (χ4n) is 5.02. The Morgan fingerprint density at radius 3 is 0.605 bits per heavy atom. The van der Waals surface area contributed by atoms with Gasteiger partial charge in [0, 0.05) is 141 Å². The summed E-state index contributed by atoms with van der Waals surface area (Å²) in [5, 5.41) is 0. The van der Waals surface area contributed by atoms with E-state index >= 15 is 0 Å². The van der Waals surface area contributed by atoms with Gasteiger partial charge < -0.3 is 26.0 Å². The Kier molecular flexibility index (Phi) is 68.1. The third-order valence-electron chi connectivity index (χ3n) is 11.3. The SMILES string of the molecule is CCN(C)S(=O)(=NS(=O)(=O)C(F)(F)F)N=S(=O)(N=S(=O)([O-])C(F)(F)F)N(C)CC.CCN(C)S(=O)(=O)[N-]S(C)(=O)=O.CCN(CC)S(=O)(=NS(=O)(=O)C(F)(F)F)N=S(=O)(N=S(=O)([O-])C(F)(F)F)N(CC)CC.CCN(CC)S(=O)(=O)[N-]S(C)(=O)=O.CN(C)S(=O)(=NS(=O)(=O)C(F)(F)F)N=S(=O)(N=S(=O)([O-])C(F)(F)F)N(C)C.CN(C)S(=O)(=O)[N-]S(C)(=O)=O.[Li+].[Li+].[Li+].[Li+].[Li+].[Li+]. The van der Waals surface area contributed by atoms with Crippen molar-refractivity contribution in [1.82, 2.24) is 38.7 Å². The molecule has 9 unspecified atom stereocenters. The molecular formula is C36H81F18Li6N21O30S18. The van der Waals surface area contributed by atoms with E-state index in [4.69, 9.17) is 0 Å². The molecule has 750 valence electrons. The predicted molar refractivity (Wildman–Crippen MR) is 407 cm³/mol. The molecule has 0 spiro atoms. The molecule has 0 heterocycles. The molecule has 0 aromatic rings. The van der Waals surface area contributed by atoms with Crippen LogP contribution in [-0.2, 0) is 181 Å². The minimum atomic E-state index is -6.55. The van der Waals surface area contributed by atoms with Gasteiger partial charge in [-0.1, -0.05) is 84.9 Å². The number of alkyl halides is 18. The Bertz CT molecular complexity index is 6020. The van der Waals surface area contributed by atoms with E-state index in [0.29, 0.717) is 61.5 Å². The van der Waals surface area contributed by atoms with Crippen molar-refractivity contribution in [2.24, 2.45) is 33.9 Å². The number of halogens is 18. The number of nitrogens with zero attached hydrogens (tertiary/aromatic N) is 21. The number of hydrogen-bond donors (Lipinski definition) is 0. The van der Waals surface area contributed by atoms with E-state index in [9.17, 15) is 206 Å². The zero-order valence-corrected chi connectivity index (χ0v) is 86.9. The summed E-state index contributed by atoms with van der Waals surface area (Å²) in [5.74, 6) is 0. The number of hydrogen-bond acceptors (Lipinski definition) is 30. The summed E-state index contributed by atoms with van der Waals surface area (Å²) in [6.07, 6.45) is 2.19. The summed E-state index contributed by atoms with van der Waals surface area (Å²) in [6.45, 7) is 9.05. The molecule has 0 bridgehead atoms. The van der Waals surface area contributed by atoms with Crippen LogP contribution in [0.25, 0.3) is 12.4 Å². The van der Waals surface area contributed by atoms with Gasteiger partial charge in [-0.15, -0.1) is 11.3 Å². The summed E-state index contributed by atoms with van der Waals surface area (Å²) < 4.78 is 599. The molecule has 0 fully saturated rings. The minimum absolute atomic E-state index is 0. The summed E-state index contributed by atoms with van der Waals surface area (Å²) >= 11 is 0. The minimum Gasteiger partial charge on any atom is -0.757 e. The monoisotopic (exact) mass is 2250 g/mol. The van der Waals surface area contributed by atoms with Gasteiger partial charge in [0.1, 0.15) is 60.7 Å². The van der Waals surface area contributed by atoms with Crippen molar-refractivity contribution in [3.05, 3.63) is 12.4 Å². The van der Waals surface area contributed by atoms with Gasteiger partial charge in [-0.2, -0.15) is 113 Å². The molecular weight excluding hydrogens is 2170 g/mol. The van der Waals surface area contributed by atoms with E-state index < -0.39 is 254 Å². The zero-order valence-electron chi connectivity index (χ0n) is 72.2. The fraction of sp³-hybridized carbons (Fsp3) is 1.00. The molecule has 0 aliphatic heterocycles. The predicted octanol–water partition coefficient (Wildman–Crippen LogP) is -15.1. The summed E-state index contributed by atoms with van der Waals surface area (Å²) in [5.41, 5.74) is -36.5. The van der Waals surface area contributed by atoms with Crippen molar-refractivity contribution in [2.75, 3.05) is 141 Å². The average molecular weight is 2250 g/mol. The van der Waals surface area contributed by atoms with E-state index in [-0.39, 0.29) is 150 Å². The third kappa shape index (κ3) is 52.4. The second-order valence-electron chi connectivity index (χ2n) is 21.4. The van der Waals surface area contributed by atoms with Crippen LogP contribution in [0.3, 0.4) is 0 Å². The van der Waals surface area contributed by atoms with E-state index in [0.717, 1.165) is 62.7 Å². The van der Waals surface area contributed by atoms with Crippen molar-refractivity contribution >= 4 is 181 Å².